The van der Waals surface area contributed by atoms with Crippen molar-refractivity contribution in [2.45, 2.75) is 32.1 Å². The van der Waals surface area contributed by atoms with E-state index in [0.29, 0.717) is 5.82 Å². The lowest BCUT2D eigenvalue weighted by atomic mass is 10.4. The van der Waals surface area contributed by atoms with Gasteiger partial charge in [0.25, 0.3) is 0 Å². The molecule has 0 aliphatic heterocycles. The van der Waals surface area contributed by atoms with E-state index in [1.54, 1.807) is 16.8 Å². The van der Waals surface area contributed by atoms with Crippen LogP contribution in [0.4, 0.5) is 5.82 Å². The monoisotopic (exact) mass is 242 g/mol. The van der Waals surface area contributed by atoms with E-state index in [1.807, 2.05) is 13.8 Å². The molecule has 1 rings (SSSR count). The second-order valence-electron chi connectivity index (χ2n) is 3.67. The number of rotatable bonds is 4. The van der Waals surface area contributed by atoms with Crippen LogP contribution in [0.5, 0.6) is 0 Å². The van der Waals surface area contributed by atoms with Crippen LogP contribution in [0.2, 0.25) is 0 Å². The summed E-state index contributed by atoms with van der Waals surface area (Å²) in [6, 6.07) is 3.29. The Labute approximate surface area is 94.9 Å². The summed E-state index contributed by atoms with van der Waals surface area (Å²) >= 11 is 0. The highest BCUT2D eigenvalue weighted by atomic mass is 32.2. The van der Waals surface area contributed by atoms with Crippen LogP contribution in [0.3, 0.4) is 0 Å². The minimum Gasteiger partial charge on any atom is -0.266 e. The maximum absolute atomic E-state index is 11.6. The molecule has 0 saturated carbocycles. The molecule has 0 amide bonds. The molecule has 0 aliphatic rings. The highest BCUT2D eigenvalue weighted by Crippen LogP contribution is 2.15. The molecule has 1 aromatic heterocycles. The Bertz CT molecular complexity index is 498. The largest absolute Gasteiger partial charge is 0.266 e. The van der Waals surface area contributed by atoms with Crippen molar-refractivity contribution in [2.75, 3.05) is 4.72 Å². The first-order chi connectivity index (χ1) is 7.38. The Balaban J connectivity index is 2.98. The number of nitrogens with one attached hydrogen (secondary N) is 1. The van der Waals surface area contributed by atoms with E-state index < -0.39 is 15.3 Å². The summed E-state index contributed by atoms with van der Waals surface area (Å²) in [5, 5.41) is 11.5. The summed E-state index contributed by atoms with van der Waals surface area (Å²) in [5.74, 6) is 0.372. The van der Waals surface area contributed by atoms with Gasteiger partial charge in [0.15, 0.2) is 5.25 Å². The van der Waals surface area contributed by atoms with Gasteiger partial charge in [-0.1, -0.05) is 0 Å². The predicted octanol–water partition coefficient (Wildman–Crippen LogP) is 1.12. The fourth-order valence-corrected chi connectivity index (χ4v) is 1.88. The van der Waals surface area contributed by atoms with E-state index in [4.69, 9.17) is 5.26 Å². The Morgan fingerprint density at radius 2 is 2.12 bits per heavy atom. The van der Waals surface area contributed by atoms with Crippen LogP contribution >= 0.6 is 0 Å². The van der Waals surface area contributed by atoms with E-state index in [-0.39, 0.29) is 6.04 Å². The van der Waals surface area contributed by atoms with Gasteiger partial charge in [0.2, 0.25) is 10.0 Å². The molecule has 7 heteroatoms. The maximum Gasteiger partial charge on any atom is 0.249 e. The average molecular weight is 242 g/mol. The molecule has 0 bridgehead atoms. The lowest BCUT2D eigenvalue weighted by Crippen LogP contribution is -2.25. The highest BCUT2D eigenvalue weighted by Gasteiger charge is 2.21. The zero-order chi connectivity index (χ0) is 12.3. The molecule has 1 heterocycles. The normalized spacial score (nSPS) is 13.4. The summed E-state index contributed by atoms with van der Waals surface area (Å²) < 4.78 is 27.2. The molecule has 16 heavy (non-hydrogen) atoms. The van der Waals surface area contributed by atoms with Gasteiger partial charge in [-0.3, -0.25) is 4.72 Å². The van der Waals surface area contributed by atoms with E-state index >= 15 is 0 Å². The minimum atomic E-state index is -3.66. The molecular weight excluding hydrogens is 228 g/mol. The molecule has 1 N–H and O–H groups in total. The SMILES string of the molecule is CC(C)n1nccc1NS(=O)(=O)C(C)C#N. The number of nitriles is 1. The summed E-state index contributed by atoms with van der Waals surface area (Å²) in [7, 11) is -3.66. The topological polar surface area (TPSA) is 87.8 Å². The van der Waals surface area contributed by atoms with E-state index in [9.17, 15) is 8.42 Å². The van der Waals surface area contributed by atoms with Gasteiger partial charge in [0, 0.05) is 12.1 Å². The average Bonchev–Trinajstić information content (AvgIpc) is 2.63. The van der Waals surface area contributed by atoms with Gasteiger partial charge in [-0.25, -0.2) is 13.1 Å². The molecule has 6 nitrogen and oxygen atoms in total. The summed E-state index contributed by atoms with van der Waals surface area (Å²) in [5.41, 5.74) is 0. The minimum absolute atomic E-state index is 0.0464. The van der Waals surface area contributed by atoms with Crippen LogP contribution in [-0.2, 0) is 10.0 Å². The second-order valence-corrected chi connectivity index (χ2v) is 5.67. The zero-order valence-corrected chi connectivity index (χ0v) is 10.2. The van der Waals surface area contributed by atoms with E-state index in [0.717, 1.165) is 0 Å². The van der Waals surface area contributed by atoms with E-state index in [2.05, 4.69) is 9.82 Å². The molecule has 0 radical (unpaired) electrons. The number of hydrogen-bond donors (Lipinski definition) is 1. The van der Waals surface area contributed by atoms with Gasteiger partial charge in [0.1, 0.15) is 5.82 Å². The van der Waals surface area contributed by atoms with Crippen LogP contribution in [0.25, 0.3) is 0 Å². The lowest BCUT2D eigenvalue weighted by Gasteiger charge is -2.13. The number of sulfonamides is 1. The van der Waals surface area contributed by atoms with Crippen molar-refractivity contribution >= 4 is 15.8 Å². The molecule has 0 aromatic carbocycles. The molecule has 0 aliphatic carbocycles. The third-order valence-electron chi connectivity index (χ3n) is 2.05. The van der Waals surface area contributed by atoms with Gasteiger partial charge in [-0.2, -0.15) is 10.4 Å². The number of hydrogen-bond acceptors (Lipinski definition) is 4. The molecular formula is C9H14N4O2S. The molecule has 0 fully saturated rings. The number of anilines is 1. The summed E-state index contributed by atoms with van der Waals surface area (Å²) in [4.78, 5) is 0. The van der Waals surface area contributed by atoms with Crippen molar-refractivity contribution in [3.05, 3.63) is 12.3 Å². The summed E-state index contributed by atoms with van der Waals surface area (Å²) in [6.07, 6.45) is 1.51. The Kier molecular flexibility index (Phi) is 3.55. The first-order valence-corrected chi connectivity index (χ1v) is 6.38. The molecule has 0 saturated heterocycles. The fourth-order valence-electron chi connectivity index (χ4n) is 1.11. The van der Waals surface area contributed by atoms with Gasteiger partial charge < -0.3 is 0 Å². The van der Waals surface area contributed by atoms with Gasteiger partial charge >= 0.3 is 0 Å². The Morgan fingerprint density at radius 3 is 2.62 bits per heavy atom. The number of nitrogens with zero attached hydrogens (tertiary/aromatic N) is 3. The van der Waals surface area contributed by atoms with Crippen molar-refractivity contribution in [1.29, 1.82) is 5.26 Å². The van der Waals surface area contributed by atoms with Crippen LogP contribution < -0.4 is 4.72 Å². The van der Waals surface area contributed by atoms with Gasteiger partial charge in [-0.15, -0.1) is 0 Å². The van der Waals surface area contributed by atoms with Crippen LogP contribution in [-0.4, -0.2) is 23.4 Å². The van der Waals surface area contributed by atoms with Crippen molar-refractivity contribution in [1.82, 2.24) is 9.78 Å². The Morgan fingerprint density at radius 1 is 1.50 bits per heavy atom. The Hall–Kier alpha value is -1.55. The highest BCUT2D eigenvalue weighted by molar-refractivity contribution is 7.93. The third kappa shape index (κ3) is 2.52. The molecule has 88 valence electrons. The van der Waals surface area contributed by atoms with Gasteiger partial charge in [-0.05, 0) is 20.8 Å². The van der Waals surface area contributed by atoms with Crippen molar-refractivity contribution in [3.8, 4) is 6.07 Å². The van der Waals surface area contributed by atoms with Gasteiger partial charge in [0.05, 0.1) is 12.3 Å². The standard InChI is InChI=1S/C9H14N4O2S/c1-7(2)13-9(4-5-11-13)12-16(14,15)8(3)6-10/h4-5,7-8,12H,1-3H3. The quantitative estimate of drug-likeness (QED) is 0.856. The lowest BCUT2D eigenvalue weighted by molar-refractivity contribution is 0.539. The van der Waals surface area contributed by atoms with Crippen molar-refractivity contribution in [3.63, 3.8) is 0 Å². The van der Waals surface area contributed by atoms with Crippen LogP contribution in [0.1, 0.15) is 26.8 Å². The predicted molar refractivity (Wildman–Crippen MR) is 60.2 cm³/mol. The summed E-state index contributed by atoms with van der Waals surface area (Å²) in [6.45, 7) is 5.11. The second kappa shape index (κ2) is 4.53. The first kappa shape index (κ1) is 12.5. The maximum atomic E-state index is 11.6. The molecule has 1 aromatic rings. The molecule has 1 atom stereocenters. The smallest absolute Gasteiger partial charge is 0.249 e. The van der Waals surface area contributed by atoms with Crippen LogP contribution in [0.15, 0.2) is 12.3 Å². The number of aromatic nitrogens is 2. The molecule has 1 unspecified atom stereocenters. The van der Waals surface area contributed by atoms with Crippen molar-refractivity contribution in [2.24, 2.45) is 0 Å². The first-order valence-electron chi connectivity index (χ1n) is 4.83. The molecule has 0 spiro atoms. The fraction of sp³-hybridized carbons (Fsp3) is 0.556. The van der Waals surface area contributed by atoms with Crippen LogP contribution in [0, 0.1) is 11.3 Å². The van der Waals surface area contributed by atoms with E-state index in [1.165, 1.54) is 13.1 Å². The third-order valence-corrected chi connectivity index (χ3v) is 3.58. The zero-order valence-electron chi connectivity index (χ0n) is 9.38. The van der Waals surface area contributed by atoms with Crippen molar-refractivity contribution < 1.29 is 8.42 Å².